The molecule has 0 aromatic carbocycles. The first kappa shape index (κ1) is 15.0. The van der Waals surface area contributed by atoms with Crippen molar-refractivity contribution in [2.45, 2.75) is 37.5 Å². The summed E-state index contributed by atoms with van der Waals surface area (Å²) in [6.07, 6.45) is 7.18. The van der Waals surface area contributed by atoms with Crippen LogP contribution < -0.4 is 0 Å². The van der Waals surface area contributed by atoms with Crippen molar-refractivity contribution in [3.05, 3.63) is 24.0 Å². The zero-order chi connectivity index (χ0) is 15.2. The number of alkyl halides is 1. The predicted octanol–water partition coefficient (Wildman–Crippen LogP) is 2.68. The number of halogens is 1. The van der Waals surface area contributed by atoms with Gasteiger partial charge in [-0.3, -0.25) is 0 Å². The fraction of sp³-hybridized carbons (Fsp3) is 0.765. The van der Waals surface area contributed by atoms with Crippen LogP contribution in [0, 0.1) is 23.7 Å². The van der Waals surface area contributed by atoms with Crippen LogP contribution in [-0.4, -0.2) is 47.5 Å². The van der Waals surface area contributed by atoms with E-state index in [1.165, 1.54) is 18.2 Å². The van der Waals surface area contributed by atoms with Crippen molar-refractivity contribution in [1.82, 2.24) is 4.90 Å². The Labute approximate surface area is 126 Å². The average molecular weight is 295 g/mol. The number of allylic oxidation sites excluding steroid dienone is 2. The molecule has 2 N–H and O–H groups in total. The van der Waals surface area contributed by atoms with Gasteiger partial charge in [0.1, 0.15) is 11.9 Å². The van der Waals surface area contributed by atoms with Gasteiger partial charge in [0, 0.05) is 18.4 Å². The molecule has 118 valence electrons. The van der Waals surface area contributed by atoms with Gasteiger partial charge < -0.3 is 15.1 Å². The molecule has 0 radical (unpaired) electrons. The van der Waals surface area contributed by atoms with E-state index in [4.69, 9.17) is 0 Å². The minimum absolute atomic E-state index is 0.0730. The Morgan fingerprint density at radius 2 is 2.14 bits per heavy atom. The molecule has 21 heavy (non-hydrogen) atoms. The van der Waals surface area contributed by atoms with Crippen molar-refractivity contribution in [1.29, 1.82) is 0 Å². The molecular formula is C17H26FNO2. The Kier molecular flexibility index (Phi) is 3.87. The third-order valence-corrected chi connectivity index (χ3v) is 5.69. The van der Waals surface area contributed by atoms with Gasteiger partial charge in [-0.25, -0.2) is 4.39 Å². The third-order valence-electron chi connectivity index (χ3n) is 5.69. The molecule has 0 heterocycles. The van der Waals surface area contributed by atoms with Gasteiger partial charge >= 0.3 is 0 Å². The van der Waals surface area contributed by atoms with Crippen LogP contribution in [0.5, 0.6) is 0 Å². The van der Waals surface area contributed by atoms with Crippen molar-refractivity contribution in [3.63, 3.8) is 0 Å². The van der Waals surface area contributed by atoms with Crippen LogP contribution in [0.2, 0.25) is 0 Å². The van der Waals surface area contributed by atoms with Crippen LogP contribution in [0.15, 0.2) is 24.0 Å². The normalized spacial score (nSPS) is 46.0. The summed E-state index contributed by atoms with van der Waals surface area (Å²) in [6, 6.07) is 0. The van der Waals surface area contributed by atoms with Gasteiger partial charge in [0.2, 0.25) is 0 Å². The number of rotatable bonds is 3. The Balaban J connectivity index is 1.93. The largest absolute Gasteiger partial charge is 0.508 e. The van der Waals surface area contributed by atoms with Gasteiger partial charge in [0.05, 0.1) is 5.60 Å². The average Bonchev–Trinajstić information content (AvgIpc) is 2.81. The molecule has 3 aliphatic rings. The number of fused-ring (bicyclic) bond motifs is 2. The van der Waals surface area contributed by atoms with Crippen molar-refractivity contribution < 1.29 is 14.6 Å². The molecule has 6 atom stereocenters. The van der Waals surface area contributed by atoms with E-state index in [1.54, 1.807) is 0 Å². The van der Waals surface area contributed by atoms with E-state index >= 15 is 0 Å². The lowest BCUT2D eigenvalue weighted by Crippen LogP contribution is -2.56. The molecule has 2 saturated carbocycles. The maximum Gasteiger partial charge on any atom is 0.128 e. The molecule has 0 saturated heterocycles. The minimum atomic E-state index is -1.21. The minimum Gasteiger partial charge on any atom is -0.508 e. The van der Waals surface area contributed by atoms with E-state index in [1.807, 2.05) is 14.1 Å². The molecule has 3 nitrogen and oxygen atoms in total. The molecule has 0 aliphatic heterocycles. The Morgan fingerprint density at radius 3 is 2.86 bits per heavy atom. The number of aliphatic hydroxyl groups is 2. The second-order valence-electron chi connectivity index (χ2n) is 7.42. The highest BCUT2D eigenvalue weighted by Crippen LogP contribution is 2.54. The van der Waals surface area contributed by atoms with Crippen LogP contribution in [-0.2, 0) is 0 Å². The third kappa shape index (κ3) is 2.64. The van der Waals surface area contributed by atoms with Gasteiger partial charge in [0.25, 0.3) is 0 Å². The zero-order valence-corrected chi connectivity index (χ0v) is 12.9. The van der Waals surface area contributed by atoms with E-state index in [0.29, 0.717) is 18.3 Å². The molecule has 0 amide bonds. The Hall–Kier alpha value is -0.870. The molecule has 2 fully saturated rings. The highest BCUT2D eigenvalue weighted by atomic mass is 19.1. The summed E-state index contributed by atoms with van der Waals surface area (Å²) in [5.41, 5.74) is -1.05. The van der Waals surface area contributed by atoms with Crippen LogP contribution in [0.3, 0.4) is 0 Å². The maximum atomic E-state index is 14.4. The first-order valence-corrected chi connectivity index (χ1v) is 8.00. The van der Waals surface area contributed by atoms with E-state index in [-0.39, 0.29) is 11.7 Å². The molecule has 0 aromatic heterocycles. The van der Waals surface area contributed by atoms with Gasteiger partial charge in [-0.1, -0.05) is 6.42 Å². The summed E-state index contributed by atoms with van der Waals surface area (Å²) >= 11 is 0. The van der Waals surface area contributed by atoms with Gasteiger partial charge in [-0.2, -0.15) is 0 Å². The van der Waals surface area contributed by atoms with Crippen molar-refractivity contribution in [2.75, 3.05) is 20.6 Å². The highest BCUT2D eigenvalue weighted by Gasteiger charge is 2.55. The number of hydrogen-bond acceptors (Lipinski definition) is 3. The van der Waals surface area contributed by atoms with Crippen LogP contribution in [0.25, 0.3) is 0 Å². The molecule has 0 spiro atoms. The second kappa shape index (κ2) is 5.40. The monoisotopic (exact) mass is 295 g/mol. The Bertz CT molecular complexity index is 462. The summed E-state index contributed by atoms with van der Waals surface area (Å²) in [7, 11) is 4.00. The summed E-state index contributed by atoms with van der Waals surface area (Å²) in [5.74, 6) is 0.501. The van der Waals surface area contributed by atoms with Crippen LogP contribution >= 0.6 is 0 Å². The van der Waals surface area contributed by atoms with Gasteiger partial charge in [-0.15, -0.1) is 0 Å². The number of hydrogen-bond donors (Lipinski definition) is 2. The van der Waals surface area contributed by atoms with Crippen LogP contribution in [0.4, 0.5) is 4.39 Å². The molecule has 0 aromatic rings. The topological polar surface area (TPSA) is 43.7 Å². The van der Waals surface area contributed by atoms with E-state index < -0.39 is 17.7 Å². The summed E-state index contributed by atoms with van der Waals surface area (Å²) in [4.78, 5) is 2.09. The van der Waals surface area contributed by atoms with Crippen molar-refractivity contribution >= 4 is 0 Å². The lowest BCUT2D eigenvalue weighted by Gasteiger charge is -2.49. The number of nitrogens with zero attached hydrogens (tertiary/aromatic N) is 1. The van der Waals surface area contributed by atoms with Crippen molar-refractivity contribution in [2.24, 2.45) is 23.7 Å². The molecular weight excluding hydrogens is 269 g/mol. The lowest BCUT2D eigenvalue weighted by molar-refractivity contribution is -0.123. The summed E-state index contributed by atoms with van der Waals surface area (Å²) in [5, 5.41) is 21.2. The fourth-order valence-corrected chi connectivity index (χ4v) is 4.83. The second-order valence-corrected chi connectivity index (χ2v) is 7.42. The summed E-state index contributed by atoms with van der Waals surface area (Å²) < 4.78 is 14.4. The molecule has 4 heteroatoms. The molecule has 2 unspecified atom stereocenters. The summed E-state index contributed by atoms with van der Waals surface area (Å²) in [6.45, 7) is 0.773. The SMILES string of the molecule is CN(C)C[C@H]1[C@@H]2CC[C@@H](C2)C[C@]1(O)C1C=C(O)C=CC1F. The standard InChI is InChI=1S/C17H26FNO2/c1-19(2)10-15-12-4-3-11(7-12)9-17(15,21)14-8-13(20)5-6-16(14)18/h5-6,8,11-12,14-16,20-21H,3-4,7,9-10H2,1-2H3/t11-,12+,14?,15-,16?,17-/m0/s1. The zero-order valence-electron chi connectivity index (χ0n) is 12.9. The lowest BCUT2D eigenvalue weighted by atomic mass is 9.62. The van der Waals surface area contributed by atoms with E-state index in [2.05, 4.69) is 4.90 Å². The Morgan fingerprint density at radius 1 is 1.38 bits per heavy atom. The highest BCUT2D eigenvalue weighted by molar-refractivity contribution is 5.25. The fourth-order valence-electron chi connectivity index (χ4n) is 4.83. The first-order valence-electron chi connectivity index (χ1n) is 8.00. The maximum absolute atomic E-state index is 14.4. The molecule has 3 aliphatic carbocycles. The van der Waals surface area contributed by atoms with Gasteiger partial charge in [-0.05, 0) is 63.4 Å². The van der Waals surface area contributed by atoms with Gasteiger partial charge in [0.15, 0.2) is 0 Å². The van der Waals surface area contributed by atoms with Crippen molar-refractivity contribution in [3.8, 4) is 0 Å². The predicted molar refractivity (Wildman–Crippen MR) is 80.7 cm³/mol. The molecule has 3 rings (SSSR count). The van der Waals surface area contributed by atoms with E-state index in [9.17, 15) is 14.6 Å². The quantitative estimate of drug-likeness (QED) is 0.841. The van der Waals surface area contributed by atoms with Crippen LogP contribution in [0.1, 0.15) is 25.7 Å². The smallest absolute Gasteiger partial charge is 0.128 e. The van der Waals surface area contributed by atoms with E-state index in [0.717, 1.165) is 25.8 Å². The number of aliphatic hydroxyl groups excluding tert-OH is 1. The first-order chi connectivity index (χ1) is 9.90. The molecule has 2 bridgehead atoms.